The van der Waals surface area contributed by atoms with Crippen molar-refractivity contribution in [1.82, 2.24) is 0 Å². The molecule has 2 aromatic rings. The van der Waals surface area contributed by atoms with Crippen LogP contribution in [0.15, 0.2) is 49.1 Å². The summed E-state index contributed by atoms with van der Waals surface area (Å²) in [5.41, 5.74) is 0.627. The molecule has 4 nitrogen and oxygen atoms in total. The number of hydrogen-bond acceptors (Lipinski definition) is 2. The van der Waals surface area contributed by atoms with Crippen LogP contribution in [0.3, 0.4) is 0 Å². The molecule has 1 fully saturated rings. The fourth-order valence-electron chi connectivity index (χ4n) is 2.75. The van der Waals surface area contributed by atoms with Gasteiger partial charge in [0.15, 0.2) is 0 Å². The van der Waals surface area contributed by atoms with E-state index in [2.05, 4.69) is 6.58 Å². The summed E-state index contributed by atoms with van der Waals surface area (Å²) >= 11 is 0. The Labute approximate surface area is 122 Å². The molecule has 0 aliphatic carbocycles. The number of rotatable bonds is 3. The summed E-state index contributed by atoms with van der Waals surface area (Å²) in [4.78, 5) is 25.2. The number of carboxylic acid groups (broad SMARTS) is 1. The Morgan fingerprint density at radius 2 is 1.95 bits per heavy atom. The molecule has 1 aliphatic rings. The van der Waals surface area contributed by atoms with Crippen molar-refractivity contribution in [2.24, 2.45) is 5.92 Å². The standard InChI is InChI=1S/C17H15NO3/c1-2-11-7-16(19)18(10-11)15-9-13-6-4-3-5-12(13)8-14(15)17(20)21/h2-6,8-9,11H,1,7,10H2,(H,20,21). The Hall–Kier alpha value is -2.62. The number of carboxylic acids is 1. The molecule has 3 rings (SSSR count). The van der Waals surface area contributed by atoms with Crippen molar-refractivity contribution >= 4 is 28.3 Å². The van der Waals surface area contributed by atoms with Crippen LogP contribution in [0.5, 0.6) is 0 Å². The number of aromatic carboxylic acids is 1. The number of hydrogen-bond donors (Lipinski definition) is 1. The monoisotopic (exact) mass is 281 g/mol. The summed E-state index contributed by atoms with van der Waals surface area (Å²) in [7, 11) is 0. The molecule has 0 spiro atoms. The topological polar surface area (TPSA) is 57.6 Å². The minimum absolute atomic E-state index is 0.0577. The minimum atomic E-state index is -1.02. The van der Waals surface area contributed by atoms with Crippen molar-refractivity contribution < 1.29 is 14.7 Å². The van der Waals surface area contributed by atoms with Gasteiger partial charge < -0.3 is 10.0 Å². The van der Waals surface area contributed by atoms with Crippen LogP contribution in [0.1, 0.15) is 16.8 Å². The molecule has 4 heteroatoms. The third-order valence-corrected chi connectivity index (χ3v) is 3.87. The van der Waals surface area contributed by atoms with Gasteiger partial charge in [-0.25, -0.2) is 4.79 Å². The van der Waals surface area contributed by atoms with E-state index in [0.29, 0.717) is 18.7 Å². The van der Waals surface area contributed by atoms with Crippen molar-refractivity contribution in [2.45, 2.75) is 6.42 Å². The fourth-order valence-corrected chi connectivity index (χ4v) is 2.75. The Morgan fingerprint density at radius 3 is 2.52 bits per heavy atom. The molecule has 1 amide bonds. The molecule has 0 bridgehead atoms. The second-order valence-electron chi connectivity index (χ2n) is 5.23. The van der Waals surface area contributed by atoms with Gasteiger partial charge in [-0.2, -0.15) is 0 Å². The maximum absolute atomic E-state index is 12.1. The van der Waals surface area contributed by atoms with E-state index >= 15 is 0 Å². The van der Waals surface area contributed by atoms with Crippen molar-refractivity contribution in [2.75, 3.05) is 11.4 Å². The molecular weight excluding hydrogens is 266 g/mol. The molecule has 1 aliphatic heterocycles. The summed E-state index contributed by atoms with van der Waals surface area (Å²) in [5.74, 6) is -1.01. The van der Waals surface area contributed by atoms with Gasteiger partial charge in [-0.1, -0.05) is 30.3 Å². The number of carbonyl (C=O) groups is 2. The Morgan fingerprint density at radius 1 is 1.29 bits per heavy atom. The first-order chi connectivity index (χ1) is 10.1. The Balaban J connectivity index is 2.16. The Kier molecular flexibility index (Phi) is 3.22. The van der Waals surface area contributed by atoms with Crippen molar-refractivity contribution in [3.05, 3.63) is 54.6 Å². The zero-order valence-corrected chi connectivity index (χ0v) is 11.5. The quantitative estimate of drug-likeness (QED) is 0.880. The minimum Gasteiger partial charge on any atom is -0.478 e. The lowest BCUT2D eigenvalue weighted by atomic mass is 10.0. The molecule has 0 saturated carbocycles. The number of anilines is 1. The highest BCUT2D eigenvalue weighted by Crippen LogP contribution is 2.32. The highest BCUT2D eigenvalue weighted by atomic mass is 16.4. The van der Waals surface area contributed by atoms with E-state index in [1.54, 1.807) is 23.1 Å². The van der Waals surface area contributed by atoms with Crippen molar-refractivity contribution in [3.8, 4) is 0 Å². The van der Waals surface area contributed by atoms with Crippen LogP contribution in [0.2, 0.25) is 0 Å². The van der Waals surface area contributed by atoms with Gasteiger partial charge in [0.25, 0.3) is 0 Å². The second-order valence-corrected chi connectivity index (χ2v) is 5.23. The lowest BCUT2D eigenvalue weighted by Gasteiger charge is -2.19. The number of amides is 1. The van der Waals surface area contributed by atoms with Crippen LogP contribution < -0.4 is 4.90 Å². The highest BCUT2D eigenvalue weighted by molar-refractivity contribution is 6.07. The Bertz CT molecular complexity index is 751. The maximum atomic E-state index is 12.1. The highest BCUT2D eigenvalue weighted by Gasteiger charge is 2.31. The number of fused-ring (bicyclic) bond motifs is 1. The SMILES string of the molecule is C=CC1CC(=O)N(c2cc3ccccc3cc2C(=O)O)C1. The normalized spacial score (nSPS) is 18.2. The number of benzene rings is 2. The van der Waals surface area contributed by atoms with Crippen LogP contribution in [-0.2, 0) is 4.79 Å². The first-order valence-corrected chi connectivity index (χ1v) is 6.79. The third-order valence-electron chi connectivity index (χ3n) is 3.87. The van der Waals surface area contributed by atoms with Crippen molar-refractivity contribution in [3.63, 3.8) is 0 Å². The predicted molar refractivity (Wildman–Crippen MR) is 81.6 cm³/mol. The van der Waals surface area contributed by atoms with E-state index in [1.165, 1.54) is 0 Å². The van der Waals surface area contributed by atoms with Gasteiger partial charge in [0, 0.05) is 18.9 Å². The van der Waals surface area contributed by atoms with Gasteiger partial charge in [0.05, 0.1) is 11.3 Å². The van der Waals surface area contributed by atoms with Crippen LogP contribution >= 0.6 is 0 Å². The van der Waals surface area contributed by atoms with Gasteiger partial charge in [-0.05, 0) is 22.9 Å². The largest absolute Gasteiger partial charge is 0.478 e. The first kappa shape index (κ1) is 13.4. The van der Waals surface area contributed by atoms with Crippen LogP contribution in [0, 0.1) is 5.92 Å². The summed E-state index contributed by atoms with van der Waals surface area (Å²) in [5, 5.41) is 11.2. The summed E-state index contributed by atoms with van der Waals surface area (Å²) in [6.07, 6.45) is 2.13. The molecule has 2 aromatic carbocycles. The third kappa shape index (κ3) is 2.29. The average Bonchev–Trinajstić information content (AvgIpc) is 2.87. The molecule has 21 heavy (non-hydrogen) atoms. The van der Waals surface area contributed by atoms with E-state index in [-0.39, 0.29) is 17.4 Å². The molecule has 1 atom stereocenters. The number of nitrogens with zero attached hydrogens (tertiary/aromatic N) is 1. The molecule has 106 valence electrons. The lowest BCUT2D eigenvalue weighted by molar-refractivity contribution is -0.117. The smallest absolute Gasteiger partial charge is 0.337 e. The van der Waals surface area contributed by atoms with Crippen LogP contribution in [0.4, 0.5) is 5.69 Å². The van der Waals surface area contributed by atoms with E-state index in [4.69, 9.17) is 0 Å². The zero-order valence-electron chi connectivity index (χ0n) is 11.5. The van der Waals surface area contributed by atoms with Crippen molar-refractivity contribution in [1.29, 1.82) is 0 Å². The molecule has 1 heterocycles. The van der Waals surface area contributed by atoms with E-state index in [0.717, 1.165) is 10.8 Å². The van der Waals surface area contributed by atoms with Gasteiger partial charge >= 0.3 is 5.97 Å². The summed E-state index contributed by atoms with van der Waals surface area (Å²) in [6.45, 7) is 4.20. The molecule has 1 saturated heterocycles. The van der Waals surface area contributed by atoms with Crippen LogP contribution in [0.25, 0.3) is 10.8 Å². The van der Waals surface area contributed by atoms with E-state index in [1.807, 2.05) is 24.3 Å². The van der Waals surface area contributed by atoms with Crippen LogP contribution in [-0.4, -0.2) is 23.5 Å². The average molecular weight is 281 g/mol. The molecule has 0 aromatic heterocycles. The van der Waals surface area contributed by atoms with Gasteiger partial charge in [-0.15, -0.1) is 6.58 Å². The van der Waals surface area contributed by atoms with E-state index < -0.39 is 5.97 Å². The predicted octanol–water partition coefficient (Wildman–Crippen LogP) is 3.08. The van der Waals surface area contributed by atoms with Gasteiger partial charge in [0.1, 0.15) is 0 Å². The lowest BCUT2D eigenvalue weighted by Crippen LogP contribution is -2.26. The molecule has 1 unspecified atom stereocenters. The molecule has 1 N–H and O–H groups in total. The van der Waals surface area contributed by atoms with E-state index in [9.17, 15) is 14.7 Å². The first-order valence-electron chi connectivity index (χ1n) is 6.79. The molecule has 0 radical (unpaired) electrons. The maximum Gasteiger partial charge on any atom is 0.337 e. The number of carbonyl (C=O) groups excluding carboxylic acids is 1. The summed E-state index contributed by atoms with van der Waals surface area (Å²) in [6, 6.07) is 10.9. The zero-order chi connectivity index (χ0) is 15.0. The van der Waals surface area contributed by atoms with Gasteiger partial charge in [0.2, 0.25) is 5.91 Å². The summed E-state index contributed by atoms with van der Waals surface area (Å²) < 4.78 is 0. The fraction of sp³-hybridized carbons (Fsp3) is 0.176. The molecular formula is C17H15NO3. The second kappa shape index (κ2) is 5.05. The van der Waals surface area contributed by atoms with Gasteiger partial charge in [-0.3, -0.25) is 4.79 Å².